The smallest absolute Gasteiger partial charge is 0.224 e. The van der Waals surface area contributed by atoms with E-state index in [0.29, 0.717) is 6.42 Å². The second kappa shape index (κ2) is 8.02. The average molecular weight is 351 g/mol. The Labute approximate surface area is 145 Å². The van der Waals surface area contributed by atoms with Gasteiger partial charge < -0.3 is 13.7 Å². The van der Waals surface area contributed by atoms with Gasteiger partial charge in [0.25, 0.3) is 0 Å². The first-order chi connectivity index (χ1) is 11.3. The van der Waals surface area contributed by atoms with Crippen molar-refractivity contribution >= 4 is 29.4 Å². The van der Waals surface area contributed by atoms with Gasteiger partial charge >= 0.3 is 0 Å². The zero-order valence-electron chi connectivity index (χ0n) is 13.2. The van der Waals surface area contributed by atoms with Crippen LogP contribution >= 0.6 is 23.5 Å². The van der Waals surface area contributed by atoms with E-state index in [0.717, 1.165) is 47.5 Å². The molecule has 0 spiro atoms. The Morgan fingerprint density at radius 2 is 2.26 bits per heavy atom. The second-order valence-corrected chi connectivity index (χ2v) is 7.64. The fourth-order valence-electron chi connectivity index (χ4n) is 2.55. The van der Waals surface area contributed by atoms with E-state index in [9.17, 15) is 4.79 Å². The van der Waals surface area contributed by atoms with E-state index in [1.807, 2.05) is 29.2 Å². The summed E-state index contributed by atoms with van der Waals surface area (Å²) >= 11 is 3.58. The van der Waals surface area contributed by atoms with E-state index in [1.54, 1.807) is 29.8 Å². The van der Waals surface area contributed by atoms with Crippen LogP contribution in [0.2, 0.25) is 0 Å². The fraction of sp³-hybridized carbons (Fsp3) is 0.471. The summed E-state index contributed by atoms with van der Waals surface area (Å²) in [5.74, 6) is 5.67. The lowest BCUT2D eigenvalue weighted by Gasteiger charge is -2.33. The molecule has 23 heavy (non-hydrogen) atoms. The van der Waals surface area contributed by atoms with Crippen molar-refractivity contribution < 1.29 is 13.6 Å². The predicted molar refractivity (Wildman–Crippen MR) is 94.5 cm³/mol. The molecule has 0 radical (unpaired) electrons. The van der Waals surface area contributed by atoms with Gasteiger partial charge in [-0.05, 0) is 24.3 Å². The lowest BCUT2D eigenvalue weighted by Crippen LogP contribution is -2.38. The Bertz CT molecular complexity index is 624. The molecule has 6 heteroatoms. The standard InChI is InChI=1S/C17H21NO3S2/c1-2-13-5-6-15(21-13)17-18(16(19)7-10-23-17)8-11-22-12-14-4-3-9-20-14/h3-6,9,17H,2,7-8,10-12H2,1H3. The molecule has 1 atom stereocenters. The highest BCUT2D eigenvalue weighted by atomic mass is 32.2. The molecule has 0 aromatic carbocycles. The second-order valence-electron chi connectivity index (χ2n) is 5.35. The van der Waals surface area contributed by atoms with Crippen molar-refractivity contribution in [2.45, 2.75) is 30.9 Å². The molecule has 2 aromatic heterocycles. The lowest BCUT2D eigenvalue weighted by atomic mass is 10.3. The van der Waals surface area contributed by atoms with Crippen molar-refractivity contribution in [3.63, 3.8) is 0 Å². The quantitative estimate of drug-likeness (QED) is 0.695. The maximum atomic E-state index is 12.3. The molecular weight excluding hydrogens is 330 g/mol. The molecular formula is C17H21NO3S2. The molecule has 1 aliphatic rings. The highest BCUT2D eigenvalue weighted by molar-refractivity contribution is 7.99. The number of thioether (sulfide) groups is 2. The summed E-state index contributed by atoms with van der Waals surface area (Å²) in [7, 11) is 0. The van der Waals surface area contributed by atoms with E-state index in [1.165, 1.54) is 0 Å². The summed E-state index contributed by atoms with van der Waals surface area (Å²) in [5, 5.41) is 0.0146. The van der Waals surface area contributed by atoms with E-state index in [4.69, 9.17) is 8.83 Å². The van der Waals surface area contributed by atoms with Gasteiger partial charge in [0.15, 0.2) is 0 Å². The van der Waals surface area contributed by atoms with Gasteiger partial charge in [0, 0.05) is 30.9 Å². The van der Waals surface area contributed by atoms with E-state index >= 15 is 0 Å². The van der Waals surface area contributed by atoms with Gasteiger partial charge in [0.2, 0.25) is 5.91 Å². The molecule has 4 nitrogen and oxygen atoms in total. The molecule has 0 aliphatic carbocycles. The Morgan fingerprint density at radius 3 is 3.00 bits per heavy atom. The number of amides is 1. The third-order valence-electron chi connectivity index (χ3n) is 3.77. The zero-order valence-corrected chi connectivity index (χ0v) is 14.8. The highest BCUT2D eigenvalue weighted by Crippen LogP contribution is 2.38. The van der Waals surface area contributed by atoms with Gasteiger partial charge in [-0.25, -0.2) is 0 Å². The molecule has 0 bridgehead atoms. The minimum absolute atomic E-state index is 0.0146. The number of rotatable bonds is 7. The van der Waals surface area contributed by atoms with Crippen LogP contribution in [0, 0.1) is 0 Å². The minimum Gasteiger partial charge on any atom is -0.468 e. The van der Waals surface area contributed by atoms with Crippen molar-refractivity contribution in [1.82, 2.24) is 4.90 Å². The Morgan fingerprint density at radius 1 is 1.35 bits per heavy atom. The normalized spacial score (nSPS) is 18.6. The Kier molecular flexibility index (Phi) is 5.78. The number of nitrogens with zero attached hydrogens (tertiary/aromatic N) is 1. The summed E-state index contributed by atoms with van der Waals surface area (Å²) in [6, 6.07) is 7.91. The molecule has 0 N–H and O–H groups in total. The number of carbonyl (C=O) groups is 1. The van der Waals surface area contributed by atoms with Crippen molar-refractivity contribution in [2.24, 2.45) is 0 Å². The third kappa shape index (κ3) is 4.18. The first kappa shape index (κ1) is 16.6. The summed E-state index contributed by atoms with van der Waals surface area (Å²) in [6.07, 6.45) is 3.19. The van der Waals surface area contributed by atoms with Gasteiger partial charge in [-0.15, -0.1) is 11.8 Å². The molecule has 124 valence electrons. The first-order valence-corrected chi connectivity index (χ1v) is 10.1. The third-order valence-corrected chi connectivity index (χ3v) is 5.97. The van der Waals surface area contributed by atoms with Crippen molar-refractivity contribution in [3.05, 3.63) is 47.8 Å². The van der Waals surface area contributed by atoms with Crippen LogP contribution in [0.4, 0.5) is 0 Å². The molecule has 1 saturated heterocycles. The van der Waals surface area contributed by atoms with E-state index < -0.39 is 0 Å². The fourth-order valence-corrected chi connectivity index (χ4v) is 4.59. The van der Waals surface area contributed by atoms with Gasteiger partial charge in [-0.2, -0.15) is 11.8 Å². The minimum atomic E-state index is 0.0146. The topological polar surface area (TPSA) is 46.6 Å². The molecule has 0 saturated carbocycles. The average Bonchev–Trinajstić information content (AvgIpc) is 3.24. The van der Waals surface area contributed by atoms with Crippen LogP contribution in [-0.4, -0.2) is 28.9 Å². The van der Waals surface area contributed by atoms with Gasteiger partial charge in [-0.1, -0.05) is 6.92 Å². The van der Waals surface area contributed by atoms with E-state index in [2.05, 4.69) is 6.92 Å². The molecule has 1 unspecified atom stereocenters. The van der Waals surface area contributed by atoms with Crippen LogP contribution in [-0.2, 0) is 17.0 Å². The summed E-state index contributed by atoms with van der Waals surface area (Å²) in [4.78, 5) is 14.3. The highest BCUT2D eigenvalue weighted by Gasteiger charge is 2.31. The Hall–Kier alpha value is -1.27. The SMILES string of the molecule is CCc1ccc(C2SCCC(=O)N2CCSCc2ccco2)o1. The van der Waals surface area contributed by atoms with Gasteiger partial charge in [0.05, 0.1) is 12.0 Å². The predicted octanol–water partition coefficient (Wildman–Crippen LogP) is 4.33. The maximum Gasteiger partial charge on any atom is 0.224 e. The largest absolute Gasteiger partial charge is 0.468 e. The van der Waals surface area contributed by atoms with Gasteiger partial charge in [0.1, 0.15) is 22.7 Å². The number of furan rings is 2. The number of hydrogen-bond acceptors (Lipinski definition) is 5. The molecule has 3 rings (SSSR count). The van der Waals surface area contributed by atoms with Gasteiger partial charge in [-0.3, -0.25) is 4.79 Å². The van der Waals surface area contributed by atoms with Crippen LogP contribution in [0.25, 0.3) is 0 Å². The molecule has 1 aliphatic heterocycles. The summed E-state index contributed by atoms with van der Waals surface area (Å²) in [5.41, 5.74) is 0. The van der Waals surface area contributed by atoms with Crippen molar-refractivity contribution in [3.8, 4) is 0 Å². The first-order valence-electron chi connectivity index (χ1n) is 7.87. The Balaban J connectivity index is 1.58. The lowest BCUT2D eigenvalue weighted by molar-refractivity contribution is -0.132. The van der Waals surface area contributed by atoms with Crippen molar-refractivity contribution in [1.29, 1.82) is 0 Å². The number of carbonyl (C=O) groups excluding carboxylic acids is 1. The van der Waals surface area contributed by atoms with Crippen LogP contribution in [0.5, 0.6) is 0 Å². The van der Waals surface area contributed by atoms with Crippen LogP contribution in [0.3, 0.4) is 0 Å². The number of aryl methyl sites for hydroxylation is 1. The molecule has 2 aromatic rings. The van der Waals surface area contributed by atoms with E-state index in [-0.39, 0.29) is 11.3 Å². The van der Waals surface area contributed by atoms with Crippen LogP contribution < -0.4 is 0 Å². The van der Waals surface area contributed by atoms with Crippen LogP contribution in [0.15, 0.2) is 39.4 Å². The molecule has 1 fully saturated rings. The zero-order chi connectivity index (χ0) is 16.1. The number of hydrogen-bond donors (Lipinski definition) is 0. The molecule has 3 heterocycles. The summed E-state index contributed by atoms with van der Waals surface area (Å²) in [6.45, 7) is 2.81. The van der Waals surface area contributed by atoms with Crippen LogP contribution in [0.1, 0.15) is 36.0 Å². The molecule has 1 amide bonds. The van der Waals surface area contributed by atoms with Crippen molar-refractivity contribution in [2.75, 3.05) is 18.1 Å². The summed E-state index contributed by atoms with van der Waals surface area (Å²) < 4.78 is 11.2. The maximum absolute atomic E-state index is 12.3. The monoisotopic (exact) mass is 351 g/mol.